The molecule has 3 nitrogen and oxygen atoms in total. The molecule has 3 heteroatoms. The van der Waals surface area contributed by atoms with Gasteiger partial charge < -0.3 is 5.21 Å². The lowest BCUT2D eigenvalue weighted by molar-refractivity contribution is 0.108. The van der Waals surface area contributed by atoms with Crippen molar-refractivity contribution < 1.29 is 5.21 Å². The lowest BCUT2D eigenvalue weighted by atomic mass is 9.89. The normalized spacial score (nSPS) is 46.7. The number of oxime groups is 1. The van der Waals surface area contributed by atoms with Crippen molar-refractivity contribution in [2.45, 2.75) is 57.5 Å². The third-order valence-electron chi connectivity index (χ3n) is 4.97. The molecule has 1 N–H and O–H groups in total. The zero-order chi connectivity index (χ0) is 11.1. The molecule has 0 aromatic rings. The Hall–Kier alpha value is -0.570. The summed E-state index contributed by atoms with van der Waals surface area (Å²) in [7, 11) is 0. The Balaban J connectivity index is 1.82. The summed E-state index contributed by atoms with van der Waals surface area (Å²) in [5.41, 5.74) is 1.10. The first-order valence-corrected chi connectivity index (χ1v) is 6.79. The van der Waals surface area contributed by atoms with Crippen molar-refractivity contribution in [3.05, 3.63) is 0 Å². The molecule has 3 rings (SSSR count). The van der Waals surface area contributed by atoms with Crippen LogP contribution in [0.2, 0.25) is 0 Å². The Morgan fingerprint density at radius 1 is 1.25 bits per heavy atom. The highest BCUT2D eigenvalue weighted by Crippen LogP contribution is 2.46. The van der Waals surface area contributed by atoms with E-state index in [1.807, 2.05) is 0 Å². The summed E-state index contributed by atoms with van der Waals surface area (Å²) in [6.07, 6.45) is 7.86. The van der Waals surface area contributed by atoms with E-state index in [-0.39, 0.29) is 0 Å². The molecular weight excluding hydrogens is 200 g/mol. The number of rotatable bonds is 1. The van der Waals surface area contributed by atoms with Crippen molar-refractivity contribution in [3.63, 3.8) is 0 Å². The number of hydrogen-bond acceptors (Lipinski definition) is 3. The van der Waals surface area contributed by atoms with Crippen molar-refractivity contribution in [2.24, 2.45) is 17.0 Å². The zero-order valence-corrected chi connectivity index (χ0v) is 10.1. The van der Waals surface area contributed by atoms with E-state index in [0.717, 1.165) is 11.6 Å². The molecule has 2 bridgehead atoms. The molecule has 1 saturated heterocycles. The van der Waals surface area contributed by atoms with Crippen molar-refractivity contribution >= 4 is 5.71 Å². The van der Waals surface area contributed by atoms with E-state index in [2.05, 4.69) is 17.0 Å². The molecule has 1 aliphatic heterocycles. The maximum Gasteiger partial charge on any atom is 0.0775 e. The second-order valence-corrected chi connectivity index (χ2v) is 5.82. The molecule has 2 saturated carbocycles. The van der Waals surface area contributed by atoms with Gasteiger partial charge in [0, 0.05) is 12.0 Å². The highest BCUT2D eigenvalue weighted by Gasteiger charge is 2.49. The molecule has 0 amide bonds. The molecule has 16 heavy (non-hydrogen) atoms. The average molecular weight is 222 g/mol. The molecule has 0 unspecified atom stereocenters. The van der Waals surface area contributed by atoms with Crippen LogP contribution in [0.15, 0.2) is 5.16 Å². The average Bonchev–Trinajstić information content (AvgIpc) is 2.89. The van der Waals surface area contributed by atoms with Crippen molar-refractivity contribution in [3.8, 4) is 0 Å². The SMILES string of the molecule is C[C@@H]1CCCCN1[C@@H]1/C(=N\O)[C@H]2CC[C@H]1C2. The molecular formula is C13H22N2O. The first-order chi connectivity index (χ1) is 7.81. The molecule has 2 aliphatic carbocycles. The second kappa shape index (κ2) is 4.02. The van der Waals surface area contributed by atoms with Crippen molar-refractivity contribution in [1.29, 1.82) is 0 Å². The summed E-state index contributed by atoms with van der Waals surface area (Å²) in [5, 5.41) is 12.9. The summed E-state index contributed by atoms with van der Waals surface area (Å²) in [5.74, 6) is 1.37. The molecule has 4 atom stereocenters. The zero-order valence-electron chi connectivity index (χ0n) is 10.1. The van der Waals surface area contributed by atoms with Crippen LogP contribution >= 0.6 is 0 Å². The Morgan fingerprint density at radius 2 is 2.12 bits per heavy atom. The first-order valence-electron chi connectivity index (χ1n) is 6.79. The van der Waals surface area contributed by atoms with Gasteiger partial charge in [0.2, 0.25) is 0 Å². The quantitative estimate of drug-likeness (QED) is 0.546. The minimum atomic E-state index is 0.471. The van der Waals surface area contributed by atoms with Gasteiger partial charge in [-0.25, -0.2) is 0 Å². The Morgan fingerprint density at radius 3 is 2.88 bits per heavy atom. The predicted molar refractivity (Wildman–Crippen MR) is 63.9 cm³/mol. The molecule has 1 heterocycles. The standard InChI is InChI=1S/C13H22N2O/c1-9-4-2-3-7-15(9)13-11-6-5-10(8-11)12(13)14-16/h9-11,13,16H,2-8H2,1H3/b14-12-/t9-,10+,11+,13+/m1/s1. The van der Waals surface area contributed by atoms with Crippen LogP contribution in [0, 0.1) is 11.8 Å². The summed E-state index contributed by atoms with van der Waals surface area (Å²) < 4.78 is 0. The second-order valence-electron chi connectivity index (χ2n) is 5.82. The fourth-order valence-corrected chi connectivity index (χ4v) is 4.17. The van der Waals surface area contributed by atoms with E-state index in [0.29, 0.717) is 18.0 Å². The van der Waals surface area contributed by atoms with Gasteiger partial charge in [-0.05, 0) is 51.5 Å². The first kappa shape index (κ1) is 10.6. The van der Waals surface area contributed by atoms with Crippen LogP contribution in [0.5, 0.6) is 0 Å². The summed E-state index contributed by atoms with van der Waals surface area (Å²) >= 11 is 0. The maximum atomic E-state index is 9.24. The smallest absolute Gasteiger partial charge is 0.0775 e. The van der Waals surface area contributed by atoms with E-state index in [9.17, 15) is 5.21 Å². The Labute approximate surface area is 97.5 Å². The van der Waals surface area contributed by atoms with Crippen LogP contribution in [0.1, 0.15) is 45.4 Å². The minimum Gasteiger partial charge on any atom is -0.411 e. The van der Waals surface area contributed by atoms with Crippen LogP contribution in [-0.2, 0) is 0 Å². The van der Waals surface area contributed by atoms with E-state index < -0.39 is 0 Å². The maximum absolute atomic E-state index is 9.24. The van der Waals surface area contributed by atoms with Gasteiger partial charge in [-0.1, -0.05) is 11.6 Å². The number of fused-ring (bicyclic) bond motifs is 2. The fraction of sp³-hybridized carbons (Fsp3) is 0.923. The van der Waals surface area contributed by atoms with E-state index in [1.165, 1.54) is 45.1 Å². The summed E-state index contributed by atoms with van der Waals surface area (Å²) in [4.78, 5) is 2.61. The number of hydrogen-bond donors (Lipinski definition) is 1. The minimum absolute atomic E-state index is 0.471. The van der Waals surface area contributed by atoms with Gasteiger partial charge in [0.05, 0.1) is 11.8 Å². The van der Waals surface area contributed by atoms with Crippen LogP contribution in [0.25, 0.3) is 0 Å². The number of piperidine rings is 1. The predicted octanol–water partition coefficient (Wildman–Crippen LogP) is 2.49. The molecule has 0 radical (unpaired) electrons. The van der Waals surface area contributed by atoms with Crippen LogP contribution in [0.4, 0.5) is 0 Å². The van der Waals surface area contributed by atoms with Gasteiger partial charge in [-0.3, -0.25) is 4.90 Å². The van der Waals surface area contributed by atoms with Gasteiger partial charge >= 0.3 is 0 Å². The molecule has 3 aliphatic rings. The topological polar surface area (TPSA) is 35.8 Å². The Bertz CT molecular complexity index is 302. The lowest BCUT2D eigenvalue weighted by Crippen LogP contribution is -2.51. The highest BCUT2D eigenvalue weighted by molar-refractivity contribution is 5.94. The Kier molecular flexibility index (Phi) is 2.66. The van der Waals surface area contributed by atoms with Gasteiger partial charge in [0.15, 0.2) is 0 Å². The summed E-state index contributed by atoms with van der Waals surface area (Å²) in [6.45, 7) is 3.54. The van der Waals surface area contributed by atoms with E-state index in [4.69, 9.17) is 0 Å². The third kappa shape index (κ3) is 1.48. The van der Waals surface area contributed by atoms with E-state index in [1.54, 1.807) is 0 Å². The van der Waals surface area contributed by atoms with E-state index >= 15 is 0 Å². The fourth-order valence-electron chi connectivity index (χ4n) is 4.17. The van der Waals surface area contributed by atoms with Gasteiger partial charge in [-0.15, -0.1) is 0 Å². The summed E-state index contributed by atoms with van der Waals surface area (Å²) in [6, 6.07) is 1.15. The van der Waals surface area contributed by atoms with Crippen LogP contribution < -0.4 is 0 Å². The largest absolute Gasteiger partial charge is 0.411 e. The van der Waals surface area contributed by atoms with Crippen molar-refractivity contribution in [1.82, 2.24) is 4.90 Å². The molecule has 0 aromatic heterocycles. The monoisotopic (exact) mass is 222 g/mol. The van der Waals surface area contributed by atoms with Crippen LogP contribution in [-0.4, -0.2) is 34.4 Å². The van der Waals surface area contributed by atoms with Gasteiger partial charge in [0.25, 0.3) is 0 Å². The molecule has 0 spiro atoms. The van der Waals surface area contributed by atoms with Crippen molar-refractivity contribution in [2.75, 3.05) is 6.54 Å². The number of nitrogens with zero attached hydrogens (tertiary/aromatic N) is 2. The van der Waals surface area contributed by atoms with Gasteiger partial charge in [0.1, 0.15) is 0 Å². The lowest BCUT2D eigenvalue weighted by Gasteiger charge is -2.41. The van der Waals surface area contributed by atoms with Gasteiger partial charge in [-0.2, -0.15) is 0 Å². The third-order valence-corrected chi connectivity index (χ3v) is 4.97. The molecule has 90 valence electrons. The highest BCUT2D eigenvalue weighted by atomic mass is 16.4. The van der Waals surface area contributed by atoms with Crippen LogP contribution in [0.3, 0.4) is 0 Å². The number of likely N-dealkylation sites (tertiary alicyclic amines) is 1. The molecule has 3 fully saturated rings. The molecule has 0 aromatic carbocycles.